The Kier molecular flexibility index (Phi) is 19.7. The first kappa shape index (κ1) is 44.7. The fourth-order valence-corrected chi connectivity index (χ4v) is 9.82. The summed E-state index contributed by atoms with van der Waals surface area (Å²) in [5, 5.41) is 15.9. The zero-order valence-corrected chi connectivity index (χ0v) is 33.0. The Labute approximate surface area is 320 Å². The number of hydrogen-bond acceptors (Lipinski definition) is 16. The lowest BCUT2D eigenvalue weighted by atomic mass is 9.81. The zero-order chi connectivity index (χ0) is 38.7. The van der Waals surface area contributed by atoms with Gasteiger partial charge in [-0.3, -0.25) is 14.4 Å². The standard InChI is InChI=1S/C35H50N2O13S3/c1-25-9-10-35(34(3,42)33(41)52-53(35)43)22-30(39)36-26(2)32-37-27(24-51-32)7-5-6-8-28(38)29(21-25)50-31(40)23-49-20-19-48-18-17-47-16-15-46-14-13-45-12-11-44-4/h5-8,21,24,26,29,42H,9-20,22-23H2,1-4H3,(H,36,39)/b7-5-,8-6+,25-21-/t26-,29-,34+,35-,53?/m1/s1. The summed E-state index contributed by atoms with van der Waals surface area (Å²) in [7, 11) is 0.165. The zero-order valence-electron chi connectivity index (χ0n) is 30.5. The normalized spacial score (nSPS) is 27.8. The maximum absolute atomic E-state index is 13.4. The summed E-state index contributed by atoms with van der Waals surface area (Å²) in [6.07, 6.45) is 5.91. The van der Waals surface area contributed by atoms with E-state index in [0.29, 0.717) is 79.9 Å². The molecule has 0 saturated carbocycles. The summed E-state index contributed by atoms with van der Waals surface area (Å²) in [5.41, 5.74) is -0.927. The molecule has 1 aromatic heterocycles. The Morgan fingerprint density at radius 3 is 2.13 bits per heavy atom. The lowest BCUT2D eigenvalue weighted by molar-refractivity contribution is -0.156. The monoisotopic (exact) mass is 802 g/mol. The molecule has 2 N–H and O–H groups in total. The molecule has 3 heterocycles. The van der Waals surface area contributed by atoms with Gasteiger partial charge in [-0.2, -0.15) is 0 Å². The Morgan fingerprint density at radius 1 is 0.962 bits per heavy atom. The lowest BCUT2D eigenvalue weighted by Gasteiger charge is -2.36. The Hall–Kier alpha value is -2.65. The molecule has 1 spiro atoms. The van der Waals surface area contributed by atoms with E-state index in [0.717, 1.165) is 0 Å². The molecule has 296 valence electrons. The molecular formula is C35H50N2O13S3. The molecule has 0 radical (unpaired) electrons. The molecule has 3 rings (SSSR count). The average Bonchev–Trinajstić information content (AvgIpc) is 3.65. The van der Waals surface area contributed by atoms with E-state index in [1.807, 2.05) is 0 Å². The second-order valence-corrected chi connectivity index (χ2v) is 16.4. The van der Waals surface area contributed by atoms with Gasteiger partial charge in [0.1, 0.15) is 22.0 Å². The van der Waals surface area contributed by atoms with Crippen LogP contribution in [0.5, 0.6) is 0 Å². The van der Waals surface area contributed by atoms with Crippen molar-refractivity contribution in [3.63, 3.8) is 0 Å². The summed E-state index contributed by atoms with van der Waals surface area (Å²) >= 11 is 1.32. The van der Waals surface area contributed by atoms with Crippen molar-refractivity contribution in [2.75, 3.05) is 79.8 Å². The van der Waals surface area contributed by atoms with E-state index < -0.39 is 68.1 Å². The third-order valence-electron chi connectivity index (χ3n) is 8.17. The van der Waals surface area contributed by atoms with Crippen LogP contribution in [0.1, 0.15) is 56.8 Å². The Morgan fingerprint density at radius 2 is 1.55 bits per heavy atom. The number of ether oxygens (including phenoxy) is 7. The van der Waals surface area contributed by atoms with Gasteiger partial charge < -0.3 is 43.6 Å². The van der Waals surface area contributed by atoms with Gasteiger partial charge in [0.15, 0.2) is 11.9 Å². The van der Waals surface area contributed by atoms with E-state index in [2.05, 4.69) is 10.3 Å². The van der Waals surface area contributed by atoms with E-state index in [4.69, 9.17) is 33.2 Å². The smallest absolute Gasteiger partial charge is 0.333 e. The number of hydrogen-bond donors (Lipinski definition) is 2. The number of aromatic nitrogens is 1. The second kappa shape index (κ2) is 23.3. The molecule has 5 atom stereocenters. The van der Waals surface area contributed by atoms with Crippen LogP contribution < -0.4 is 5.32 Å². The number of nitrogens with zero attached hydrogens (tertiary/aromatic N) is 1. The molecule has 1 amide bonds. The van der Waals surface area contributed by atoms with Crippen LogP contribution >= 0.6 is 22.1 Å². The van der Waals surface area contributed by atoms with Crippen LogP contribution in [0.2, 0.25) is 0 Å². The second-order valence-electron chi connectivity index (χ2n) is 12.3. The van der Waals surface area contributed by atoms with Crippen LogP contribution in [-0.4, -0.2) is 133 Å². The molecule has 53 heavy (non-hydrogen) atoms. The molecule has 15 nitrogen and oxygen atoms in total. The molecule has 1 fully saturated rings. The number of aliphatic hydroxyl groups is 1. The molecule has 2 aliphatic heterocycles. The summed E-state index contributed by atoms with van der Waals surface area (Å²) in [6, 6.07) is -0.488. The first-order valence-electron chi connectivity index (χ1n) is 17.1. The largest absolute Gasteiger partial charge is 0.448 e. The van der Waals surface area contributed by atoms with Crippen molar-refractivity contribution in [3.05, 3.63) is 46.0 Å². The highest BCUT2D eigenvalue weighted by Crippen LogP contribution is 2.50. The van der Waals surface area contributed by atoms with Crippen LogP contribution in [0, 0.1) is 0 Å². The van der Waals surface area contributed by atoms with E-state index in [1.165, 1.54) is 36.5 Å². The van der Waals surface area contributed by atoms with Gasteiger partial charge in [-0.15, -0.1) is 11.3 Å². The van der Waals surface area contributed by atoms with Crippen molar-refractivity contribution in [1.29, 1.82) is 0 Å². The first-order valence-corrected chi connectivity index (χ1v) is 20.5. The average molecular weight is 803 g/mol. The number of allylic oxidation sites excluding steroid dienone is 3. The summed E-state index contributed by atoms with van der Waals surface area (Å²) in [4.78, 5) is 56.5. The van der Waals surface area contributed by atoms with Gasteiger partial charge in [0.25, 0.3) is 0 Å². The van der Waals surface area contributed by atoms with Crippen molar-refractivity contribution in [2.24, 2.45) is 0 Å². The first-order chi connectivity index (χ1) is 25.4. The minimum Gasteiger partial charge on any atom is -0.448 e. The van der Waals surface area contributed by atoms with Crippen molar-refractivity contribution in [2.45, 2.75) is 62.5 Å². The molecule has 1 saturated heterocycles. The highest BCUT2D eigenvalue weighted by Gasteiger charge is 2.63. The van der Waals surface area contributed by atoms with Crippen molar-refractivity contribution in [3.8, 4) is 0 Å². The Bertz CT molecular complexity index is 1480. The maximum Gasteiger partial charge on any atom is 0.333 e. The third-order valence-corrected chi connectivity index (χ3v) is 13.2. The molecule has 1 unspecified atom stereocenters. The SMILES string of the molecule is COCCOCCOCCOCCOCCOCC(=O)O[C@@H]1/C=C(/C)CC[C@]2(CC(=O)N[C@H](C)c3nc(cs3)/C=C\C=C\C1=O)S(=O)SC(=O)[C@]2(C)O. The number of rotatable bonds is 18. The van der Waals surface area contributed by atoms with Gasteiger partial charge in [-0.25, -0.2) is 14.0 Å². The number of ketones is 1. The molecule has 0 aromatic carbocycles. The van der Waals surface area contributed by atoms with E-state index in [1.54, 1.807) is 38.5 Å². The van der Waals surface area contributed by atoms with Gasteiger partial charge in [-0.1, -0.05) is 17.7 Å². The van der Waals surface area contributed by atoms with Crippen LogP contribution in [0.25, 0.3) is 6.08 Å². The molecule has 2 aliphatic rings. The number of amides is 1. The van der Waals surface area contributed by atoms with E-state index in [9.17, 15) is 28.5 Å². The number of carbonyl (C=O) groups is 4. The summed E-state index contributed by atoms with van der Waals surface area (Å²) in [5.74, 6) is -1.82. The van der Waals surface area contributed by atoms with Crippen molar-refractivity contribution < 1.29 is 61.7 Å². The van der Waals surface area contributed by atoms with Crippen LogP contribution in [-0.2, 0) is 62.2 Å². The predicted octanol–water partition coefficient (Wildman–Crippen LogP) is 2.66. The number of methoxy groups -OCH3 is 1. The summed E-state index contributed by atoms with van der Waals surface area (Å²) < 4.78 is 49.1. The quantitative estimate of drug-likeness (QED) is 0.0951. The van der Waals surface area contributed by atoms with Gasteiger partial charge in [0, 0.05) is 29.7 Å². The predicted molar refractivity (Wildman–Crippen MR) is 199 cm³/mol. The fourth-order valence-electron chi connectivity index (χ4n) is 5.08. The molecular weight excluding hydrogens is 753 g/mol. The number of esters is 1. The highest BCUT2D eigenvalue weighted by atomic mass is 33.1. The van der Waals surface area contributed by atoms with Crippen LogP contribution in [0.15, 0.2) is 35.3 Å². The highest BCUT2D eigenvalue weighted by molar-refractivity contribution is 8.76. The van der Waals surface area contributed by atoms with Gasteiger partial charge in [0.2, 0.25) is 11.0 Å². The van der Waals surface area contributed by atoms with E-state index >= 15 is 0 Å². The van der Waals surface area contributed by atoms with Crippen molar-refractivity contribution in [1.82, 2.24) is 10.3 Å². The number of fused-ring (bicyclic) bond motifs is 2. The number of thiazole rings is 1. The molecule has 1 aromatic rings. The number of nitrogens with one attached hydrogen (secondary N) is 1. The number of carbonyl (C=O) groups excluding carboxylic acids is 4. The minimum absolute atomic E-state index is 0.0304. The molecule has 0 aliphatic carbocycles. The van der Waals surface area contributed by atoms with Crippen LogP contribution in [0.4, 0.5) is 0 Å². The fraction of sp³-hybridized carbons (Fsp3) is 0.629. The topological polar surface area (TPSA) is 195 Å². The van der Waals surface area contributed by atoms with E-state index in [-0.39, 0.29) is 26.1 Å². The lowest BCUT2D eigenvalue weighted by Crippen LogP contribution is -2.55. The maximum atomic E-state index is 13.4. The Balaban J connectivity index is 1.55. The molecule has 18 heteroatoms. The minimum atomic E-state index is -2.07. The molecule has 2 bridgehead atoms. The van der Waals surface area contributed by atoms with Gasteiger partial charge >= 0.3 is 5.97 Å². The van der Waals surface area contributed by atoms with Gasteiger partial charge in [0.05, 0.1) is 87.6 Å². The summed E-state index contributed by atoms with van der Waals surface area (Å²) in [6.45, 7) is 8.10. The van der Waals surface area contributed by atoms with Crippen LogP contribution in [0.3, 0.4) is 0 Å². The third kappa shape index (κ3) is 14.5. The van der Waals surface area contributed by atoms with Gasteiger partial charge in [-0.05, 0) is 51.8 Å². The van der Waals surface area contributed by atoms with Crippen molar-refractivity contribution >= 4 is 60.8 Å².